The maximum Gasteiger partial charge on any atom is 0.127 e. The minimum absolute atomic E-state index is 0.483. The lowest BCUT2D eigenvalue weighted by Crippen LogP contribution is -2.25. The van der Waals surface area contributed by atoms with E-state index in [1.807, 2.05) is 24.3 Å². The van der Waals surface area contributed by atoms with Crippen molar-refractivity contribution >= 4 is 11.4 Å². The van der Waals surface area contributed by atoms with Crippen LogP contribution in [0.4, 0.5) is 15.8 Å². The molecule has 1 unspecified atom stereocenters. The van der Waals surface area contributed by atoms with Crippen LogP contribution in [-0.2, 0) is 0 Å². The first-order chi connectivity index (χ1) is 6.57. The number of benzene rings is 1. The van der Waals surface area contributed by atoms with Gasteiger partial charge in [-0.15, -0.1) is 0 Å². The summed E-state index contributed by atoms with van der Waals surface area (Å²) in [7, 11) is 0. The first-order valence-corrected chi connectivity index (χ1v) is 4.86. The van der Waals surface area contributed by atoms with Gasteiger partial charge in [-0.3, -0.25) is 0 Å². The Hall–Kier alpha value is -1.25. The Kier molecular flexibility index (Phi) is 2.10. The summed E-state index contributed by atoms with van der Waals surface area (Å²) in [5, 5.41) is 0. The third-order valence-electron chi connectivity index (χ3n) is 2.68. The Labute approximate surface area is 83.5 Å². The number of nitrogens with two attached hydrogens (primary N) is 1. The molecule has 1 aromatic carbocycles. The van der Waals surface area contributed by atoms with E-state index in [0.29, 0.717) is 13.0 Å². The van der Waals surface area contributed by atoms with Crippen molar-refractivity contribution in [1.82, 2.24) is 0 Å². The molecule has 1 fully saturated rings. The number of nitrogen functional groups attached to an aromatic ring is 1. The lowest BCUT2D eigenvalue weighted by molar-refractivity contribution is 0.221. The van der Waals surface area contributed by atoms with Gasteiger partial charge in [-0.2, -0.15) is 0 Å². The minimum Gasteiger partial charge on any atom is -0.399 e. The number of rotatable bonds is 1. The molecule has 2 rings (SSSR count). The van der Waals surface area contributed by atoms with Gasteiger partial charge in [0.1, 0.15) is 5.67 Å². The summed E-state index contributed by atoms with van der Waals surface area (Å²) in [5.74, 6) is 0. The average Bonchev–Trinajstić information content (AvgIpc) is 2.47. The molecule has 0 radical (unpaired) electrons. The van der Waals surface area contributed by atoms with Crippen LogP contribution >= 0.6 is 0 Å². The number of nitrogens with zero attached hydrogens (tertiary/aromatic N) is 1. The summed E-state index contributed by atoms with van der Waals surface area (Å²) in [6.45, 7) is 2.93. The van der Waals surface area contributed by atoms with E-state index in [1.165, 1.54) is 0 Å². The SMILES string of the molecule is CC1(F)CCN(c2ccc(N)cc2)C1. The fourth-order valence-electron chi connectivity index (χ4n) is 1.83. The zero-order valence-electron chi connectivity index (χ0n) is 8.33. The van der Waals surface area contributed by atoms with Crippen molar-refractivity contribution in [3.8, 4) is 0 Å². The Balaban J connectivity index is 2.14. The summed E-state index contributed by atoms with van der Waals surface area (Å²) in [4.78, 5) is 2.06. The molecule has 1 aromatic rings. The van der Waals surface area contributed by atoms with Gasteiger partial charge in [0.05, 0.1) is 6.54 Å². The second-order valence-corrected chi connectivity index (χ2v) is 4.18. The van der Waals surface area contributed by atoms with E-state index in [0.717, 1.165) is 17.9 Å². The van der Waals surface area contributed by atoms with Crippen LogP contribution in [0.2, 0.25) is 0 Å². The van der Waals surface area contributed by atoms with E-state index >= 15 is 0 Å². The average molecular weight is 194 g/mol. The second kappa shape index (κ2) is 3.15. The minimum atomic E-state index is -1.04. The van der Waals surface area contributed by atoms with Crippen LogP contribution in [0.5, 0.6) is 0 Å². The van der Waals surface area contributed by atoms with E-state index in [2.05, 4.69) is 4.90 Å². The molecule has 0 bridgehead atoms. The molecule has 1 saturated heterocycles. The quantitative estimate of drug-likeness (QED) is 0.694. The fraction of sp³-hybridized carbons (Fsp3) is 0.455. The molecule has 0 amide bonds. The molecule has 1 atom stereocenters. The highest BCUT2D eigenvalue weighted by molar-refractivity contribution is 5.54. The van der Waals surface area contributed by atoms with Crippen LogP contribution in [-0.4, -0.2) is 18.8 Å². The van der Waals surface area contributed by atoms with Gasteiger partial charge in [0.2, 0.25) is 0 Å². The molecular weight excluding hydrogens is 179 g/mol. The molecule has 2 N–H and O–H groups in total. The molecule has 76 valence electrons. The van der Waals surface area contributed by atoms with Gasteiger partial charge in [0.15, 0.2) is 0 Å². The maximum absolute atomic E-state index is 13.6. The van der Waals surface area contributed by atoms with E-state index < -0.39 is 5.67 Å². The Morgan fingerprint density at radius 2 is 2.00 bits per heavy atom. The van der Waals surface area contributed by atoms with Crippen molar-refractivity contribution in [2.24, 2.45) is 0 Å². The van der Waals surface area contributed by atoms with Crippen molar-refractivity contribution in [1.29, 1.82) is 0 Å². The highest BCUT2D eigenvalue weighted by Crippen LogP contribution is 2.29. The highest BCUT2D eigenvalue weighted by Gasteiger charge is 2.33. The molecule has 0 aliphatic carbocycles. The number of hydrogen-bond donors (Lipinski definition) is 1. The summed E-state index contributed by atoms with van der Waals surface area (Å²) in [5.41, 5.74) is 6.35. The zero-order valence-corrected chi connectivity index (χ0v) is 8.33. The molecule has 0 aromatic heterocycles. The molecule has 14 heavy (non-hydrogen) atoms. The van der Waals surface area contributed by atoms with Crippen molar-refractivity contribution in [3.63, 3.8) is 0 Å². The van der Waals surface area contributed by atoms with Crippen LogP contribution < -0.4 is 10.6 Å². The predicted molar refractivity (Wildman–Crippen MR) is 57.2 cm³/mol. The lowest BCUT2D eigenvalue weighted by atomic mass is 10.1. The molecule has 3 heteroatoms. The van der Waals surface area contributed by atoms with Crippen molar-refractivity contribution < 1.29 is 4.39 Å². The second-order valence-electron chi connectivity index (χ2n) is 4.18. The fourth-order valence-corrected chi connectivity index (χ4v) is 1.83. The third kappa shape index (κ3) is 1.81. The van der Waals surface area contributed by atoms with Crippen molar-refractivity contribution in [2.75, 3.05) is 23.7 Å². The highest BCUT2D eigenvalue weighted by atomic mass is 19.1. The van der Waals surface area contributed by atoms with Gasteiger partial charge in [0.25, 0.3) is 0 Å². The molecular formula is C11H15FN2. The molecule has 1 heterocycles. The van der Waals surface area contributed by atoms with E-state index in [4.69, 9.17) is 5.73 Å². The number of halogens is 1. The Bertz CT molecular complexity index is 319. The van der Waals surface area contributed by atoms with Gasteiger partial charge >= 0.3 is 0 Å². The smallest absolute Gasteiger partial charge is 0.127 e. The van der Waals surface area contributed by atoms with Gasteiger partial charge in [-0.25, -0.2) is 4.39 Å². The monoisotopic (exact) mass is 194 g/mol. The van der Waals surface area contributed by atoms with Gasteiger partial charge in [-0.05, 0) is 31.2 Å². The van der Waals surface area contributed by atoms with Crippen LogP contribution in [0.3, 0.4) is 0 Å². The number of alkyl halides is 1. The van der Waals surface area contributed by atoms with Crippen molar-refractivity contribution in [2.45, 2.75) is 19.0 Å². The standard InChI is InChI=1S/C11H15FN2/c1-11(12)6-7-14(8-11)10-4-2-9(13)3-5-10/h2-5H,6-8,13H2,1H3. The van der Waals surface area contributed by atoms with Crippen LogP contribution in [0.1, 0.15) is 13.3 Å². The molecule has 2 nitrogen and oxygen atoms in total. The number of anilines is 2. The van der Waals surface area contributed by atoms with E-state index in [9.17, 15) is 4.39 Å². The lowest BCUT2D eigenvalue weighted by Gasteiger charge is -2.19. The molecule has 0 saturated carbocycles. The summed E-state index contributed by atoms with van der Waals surface area (Å²) < 4.78 is 13.6. The summed E-state index contributed by atoms with van der Waals surface area (Å²) in [6, 6.07) is 7.58. The van der Waals surface area contributed by atoms with E-state index in [-0.39, 0.29) is 0 Å². The van der Waals surface area contributed by atoms with Crippen LogP contribution in [0.15, 0.2) is 24.3 Å². The summed E-state index contributed by atoms with van der Waals surface area (Å²) in [6.07, 6.45) is 0.609. The van der Waals surface area contributed by atoms with E-state index in [1.54, 1.807) is 6.92 Å². The normalized spacial score (nSPS) is 26.9. The van der Waals surface area contributed by atoms with Gasteiger partial charge in [-0.1, -0.05) is 0 Å². The first-order valence-electron chi connectivity index (χ1n) is 4.86. The predicted octanol–water partition coefficient (Wildman–Crippen LogP) is 2.21. The zero-order chi connectivity index (χ0) is 10.2. The van der Waals surface area contributed by atoms with Crippen molar-refractivity contribution in [3.05, 3.63) is 24.3 Å². The largest absolute Gasteiger partial charge is 0.399 e. The van der Waals surface area contributed by atoms with Gasteiger partial charge < -0.3 is 10.6 Å². The van der Waals surface area contributed by atoms with Crippen LogP contribution in [0.25, 0.3) is 0 Å². The Morgan fingerprint density at radius 1 is 1.36 bits per heavy atom. The third-order valence-corrected chi connectivity index (χ3v) is 2.68. The molecule has 1 aliphatic rings. The molecule has 1 aliphatic heterocycles. The Morgan fingerprint density at radius 3 is 2.50 bits per heavy atom. The number of hydrogen-bond acceptors (Lipinski definition) is 2. The topological polar surface area (TPSA) is 29.3 Å². The van der Waals surface area contributed by atoms with Crippen LogP contribution in [0, 0.1) is 0 Å². The maximum atomic E-state index is 13.6. The molecule has 0 spiro atoms. The summed E-state index contributed by atoms with van der Waals surface area (Å²) >= 11 is 0. The van der Waals surface area contributed by atoms with Gasteiger partial charge in [0, 0.05) is 24.3 Å². The first kappa shape index (κ1) is 9.31.